The van der Waals surface area contributed by atoms with Crippen LogP contribution in [0.15, 0.2) is 17.5 Å². The molecule has 2 aliphatic heterocycles. The Balaban J connectivity index is 1.79. The monoisotopic (exact) mass is 358 g/mol. The molecule has 128 valence electrons. The number of nitrogens with zero attached hydrogens (tertiary/aromatic N) is 2. The first-order chi connectivity index (χ1) is 10.9. The Labute approximate surface area is 141 Å². The van der Waals surface area contributed by atoms with Gasteiger partial charge in [0.05, 0.1) is 17.7 Å². The summed E-state index contributed by atoms with van der Waals surface area (Å²) in [7, 11) is -1.57. The van der Waals surface area contributed by atoms with Crippen molar-refractivity contribution in [3.63, 3.8) is 0 Å². The van der Waals surface area contributed by atoms with Crippen LogP contribution < -0.4 is 0 Å². The third-order valence-electron chi connectivity index (χ3n) is 5.02. The van der Waals surface area contributed by atoms with Crippen LogP contribution in [-0.2, 0) is 14.8 Å². The third kappa shape index (κ3) is 3.17. The van der Waals surface area contributed by atoms with Crippen molar-refractivity contribution < 1.29 is 17.9 Å². The molecular weight excluding hydrogens is 336 g/mol. The summed E-state index contributed by atoms with van der Waals surface area (Å²) in [5.74, 6) is 0.165. The normalized spacial score (nSPS) is 28.8. The molecule has 2 aliphatic rings. The lowest BCUT2D eigenvalue weighted by atomic mass is 9.73. The van der Waals surface area contributed by atoms with Crippen LogP contribution in [0.2, 0.25) is 0 Å². The molecule has 2 saturated heterocycles. The first-order valence-corrected chi connectivity index (χ1v) is 10.4. The zero-order valence-corrected chi connectivity index (χ0v) is 15.0. The number of rotatable bonds is 4. The number of sulfonamides is 1. The standard InChI is InChI=1S/C15H22N2O4S2/c1-21-11-15-5-6-16(14(18)13-4-3-7-22-13)8-12(15)9-17(10-15)23(2,19)20/h3-4,7,12H,5-6,8-11H2,1-2H3. The molecule has 23 heavy (non-hydrogen) atoms. The van der Waals surface area contributed by atoms with Crippen molar-refractivity contribution in [2.24, 2.45) is 11.3 Å². The van der Waals surface area contributed by atoms with Crippen LogP contribution in [0.3, 0.4) is 0 Å². The maximum absolute atomic E-state index is 12.6. The van der Waals surface area contributed by atoms with Gasteiger partial charge in [0.1, 0.15) is 0 Å². The highest BCUT2D eigenvalue weighted by Gasteiger charge is 2.52. The second kappa shape index (κ2) is 6.16. The first-order valence-electron chi connectivity index (χ1n) is 7.62. The van der Waals surface area contributed by atoms with Gasteiger partial charge in [-0.25, -0.2) is 12.7 Å². The number of piperidine rings is 1. The van der Waals surface area contributed by atoms with Crippen LogP contribution in [0.25, 0.3) is 0 Å². The maximum Gasteiger partial charge on any atom is 0.263 e. The molecule has 1 aromatic rings. The van der Waals surface area contributed by atoms with E-state index in [9.17, 15) is 13.2 Å². The van der Waals surface area contributed by atoms with Crippen molar-refractivity contribution in [3.05, 3.63) is 22.4 Å². The maximum atomic E-state index is 12.6. The average Bonchev–Trinajstić information content (AvgIpc) is 3.13. The van der Waals surface area contributed by atoms with Crippen LogP contribution in [0, 0.1) is 11.3 Å². The number of fused-ring (bicyclic) bond motifs is 1. The molecule has 0 radical (unpaired) electrons. The van der Waals surface area contributed by atoms with Gasteiger partial charge >= 0.3 is 0 Å². The van der Waals surface area contributed by atoms with Gasteiger partial charge in [-0.3, -0.25) is 4.79 Å². The molecule has 0 aromatic carbocycles. The summed E-state index contributed by atoms with van der Waals surface area (Å²) in [5, 5.41) is 1.90. The molecule has 3 heterocycles. The molecular formula is C15H22N2O4S2. The van der Waals surface area contributed by atoms with Gasteiger partial charge in [0.2, 0.25) is 10.0 Å². The average molecular weight is 358 g/mol. The number of carbonyl (C=O) groups is 1. The SMILES string of the molecule is COCC12CCN(C(=O)c3cccs3)CC1CN(S(C)(=O)=O)C2. The molecule has 1 amide bonds. The van der Waals surface area contributed by atoms with Crippen LogP contribution in [0.1, 0.15) is 16.1 Å². The van der Waals surface area contributed by atoms with Gasteiger partial charge in [-0.15, -0.1) is 11.3 Å². The number of ether oxygens (including phenoxy) is 1. The lowest BCUT2D eigenvalue weighted by Crippen LogP contribution is -2.50. The molecule has 8 heteroatoms. The lowest BCUT2D eigenvalue weighted by molar-refractivity contribution is 0.00359. The molecule has 0 bridgehead atoms. The van der Waals surface area contributed by atoms with Gasteiger partial charge < -0.3 is 9.64 Å². The van der Waals surface area contributed by atoms with Gasteiger partial charge in [0.25, 0.3) is 5.91 Å². The minimum Gasteiger partial charge on any atom is -0.384 e. The van der Waals surface area contributed by atoms with E-state index in [2.05, 4.69) is 0 Å². The summed E-state index contributed by atoms with van der Waals surface area (Å²) in [6.07, 6.45) is 2.02. The number of amides is 1. The second-order valence-electron chi connectivity index (χ2n) is 6.53. The van der Waals surface area contributed by atoms with Crippen molar-refractivity contribution in [3.8, 4) is 0 Å². The Morgan fingerprint density at radius 2 is 2.26 bits per heavy atom. The smallest absolute Gasteiger partial charge is 0.263 e. The van der Waals surface area contributed by atoms with Crippen LogP contribution >= 0.6 is 11.3 Å². The molecule has 6 nitrogen and oxygen atoms in total. The van der Waals surface area contributed by atoms with Crippen molar-refractivity contribution in [2.45, 2.75) is 6.42 Å². The number of methoxy groups -OCH3 is 1. The van der Waals surface area contributed by atoms with E-state index in [4.69, 9.17) is 4.74 Å². The summed E-state index contributed by atoms with van der Waals surface area (Å²) in [6.45, 7) is 2.73. The van der Waals surface area contributed by atoms with Crippen LogP contribution in [0.5, 0.6) is 0 Å². The summed E-state index contributed by atoms with van der Waals surface area (Å²) < 4.78 is 30.8. The topological polar surface area (TPSA) is 66.9 Å². The minimum atomic E-state index is -3.22. The number of likely N-dealkylation sites (tertiary alicyclic amines) is 1. The van der Waals surface area contributed by atoms with E-state index in [0.717, 1.165) is 11.3 Å². The third-order valence-corrected chi connectivity index (χ3v) is 7.10. The first kappa shape index (κ1) is 16.9. The quantitative estimate of drug-likeness (QED) is 0.809. The van der Waals surface area contributed by atoms with Gasteiger partial charge in [0, 0.05) is 38.7 Å². The fraction of sp³-hybridized carbons (Fsp3) is 0.667. The van der Waals surface area contributed by atoms with E-state index in [1.807, 2.05) is 22.4 Å². The second-order valence-corrected chi connectivity index (χ2v) is 9.46. The molecule has 2 atom stereocenters. The van der Waals surface area contributed by atoms with Gasteiger partial charge in [-0.2, -0.15) is 0 Å². The Morgan fingerprint density at radius 3 is 2.87 bits per heavy atom. The zero-order valence-electron chi connectivity index (χ0n) is 13.4. The molecule has 0 spiro atoms. The number of hydrogen-bond acceptors (Lipinski definition) is 5. The van der Waals surface area contributed by atoms with E-state index in [0.29, 0.717) is 32.8 Å². The van der Waals surface area contributed by atoms with Gasteiger partial charge in [0.15, 0.2) is 0 Å². The fourth-order valence-electron chi connectivity index (χ4n) is 3.75. The van der Waals surface area contributed by atoms with E-state index >= 15 is 0 Å². The van der Waals surface area contributed by atoms with E-state index in [-0.39, 0.29) is 17.2 Å². The molecule has 3 rings (SSSR count). The van der Waals surface area contributed by atoms with Crippen molar-refractivity contribution in [1.82, 2.24) is 9.21 Å². The fourth-order valence-corrected chi connectivity index (χ4v) is 5.38. The predicted molar refractivity (Wildman–Crippen MR) is 89.1 cm³/mol. The van der Waals surface area contributed by atoms with Crippen molar-refractivity contribution >= 4 is 27.3 Å². The number of carbonyl (C=O) groups excluding carboxylic acids is 1. The Morgan fingerprint density at radius 1 is 1.48 bits per heavy atom. The Hall–Kier alpha value is -0.960. The molecule has 0 aliphatic carbocycles. The minimum absolute atomic E-state index is 0.0452. The number of thiophene rings is 1. The summed E-state index contributed by atoms with van der Waals surface area (Å²) in [5.41, 5.74) is -0.177. The highest BCUT2D eigenvalue weighted by molar-refractivity contribution is 7.88. The van der Waals surface area contributed by atoms with Crippen LogP contribution in [-0.4, -0.2) is 69.7 Å². The van der Waals surface area contributed by atoms with Gasteiger partial charge in [-0.05, 0) is 23.8 Å². The molecule has 2 unspecified atom stereocenters. The van der Waals surface area contributed by atoms with E-state index in [1.165, 1.54) is 21.9 Å². The molecule has 0 N–H and O–H groups in total. The number of hydrogen-bond donors (Lipinski definition) is 0. The highest BCUT2D eigenvalue weighted by atomic mass is 32.2. The molecule has 2 fully saturated rings. The van der Waals surface area contributed by atoms with Crippen molar-refractivity contribution in [1.29, 1.82) is 0 Å². The van der Waals surface area contributed by atoms with Gasteiger partial charge in [-0.1, -0.05) is 6.07 Å². The Kier molecular flexibility index (Phi) is 4.52. The predicted octanol–water partition coefficient (Wildman–Crippen LogP) is 1.12. The Bertz CT molecular complexity index is 674. The summed E-state index contributed by atoms with van der Waals surface area (Å²) in [6, 6.07) is 3.71. The van der Waals surface area contributed by atoms with E-state index < -0.39 is 10.0 Å². The van der Waals surface area contributed by atoms with Crippen LogP contribution in [0.4, 0.5) is 0 Å². The largest absolute Gasteiger partial charge is 0.384 e. The summed E-state index contributed by atoms with van der Waals surface area (Å²) in [4.78, 5) is 15.2. The lowest BCUT2D eigenvalue weighted by Gasteiger charge is -2.43. The highest BCUT2D eigenvalue weighted by Crippen LogP contribution is 2.44. The molecule has 1 aromatic heterocycles. The molecule has 0 saturated carbocycles. The zero-order chi connectivity index (χ0) is 16.7. The van der Waals surface area contributed by atoms with Crippen molar-refractivity contribution in [2.75, 3.05) is 46.2 Å². The van der Waals surface area contributed by atoms with E-state index in [1.54, 1.807) is 7.11 Å². The summed E-state index contributed by atoms with van der Waals surface area (Å²) >= 11 is 1.44.